The van der Waals surface area contributed by atoms with E-state index in [-0.39, 0.29) is 54.1 Å². The predicted molar refractivity (Wildman–Crippen MR) is 240 cm³/mol. The fourth-order valence-corrected chi connectivity index (χ4v) is 10.8. The van der Waals surface area contributed by atoms with Gasteiger partial charge in [0.05, 0.1) is 29.7 Å². The highest BCUT2D eigenvalue weighted by Gasteiger charge is 2.46. The zero-order valence-electron chi connectivity index (χ0n) is 36.0. The van der Waals surface area contributed by atoms with Gasteiger partial charge in [-0.1, -0.05) is 23.7 Å². The number of amides is 5. The van der Waals surface area contributed by atoms with Gasteiger partial charge >= 0.3 is 6.03 Å². The second-order valence-corrected chi connectivity index (χ2v) is 18.4. The fraction of sp³-hybridized carbons (Fsp3) is 0.426. The number of methoxy groups -OCH3 is 1. The van der Waals surface area contributed by atoms with Crippen LogP contribution in [0.25, 0.3) is 16.9 Å². The Balaban J connectivity index is 0.784. The largest absolute Gasteiger partial charge is 0.385 e. The van der Waals surface area contributed by atoms with Gasteiger partial charge in [-0.3, -0.25) is 29.6 Å². The monoisotopic (exact) mass is 888 g/mol. The normalized spacial score (nSPS) is 20.5. The Labute approximate surface area is 374 Å². The summed E-state index contributed by atoms with van der Waals surface area (Å²) in [7, 11) is 3.46. The number of imidazole rings is 1. The van der Waals surface area contributed by atoms with Crippen LogP contribution in [0.4, 0.5) is 32.1 Å². The topological polar surface area (TPSA) is 166 Å². The number of carbonyl (C=O) groups is 4. The number of urea groups is 1. The molecule has 0 bridgehead atoms. The van der Waals surface area contributed by atoms with Gasteiger partial charge in [-0.05, 0) is 111 Å². The molecule has 5 amide bonds. The Morgan fingerprint density at radius 3 is 2.50 bits per heavy atom. The number of benzene rings is 2. The number of aromatic nitrogens is 4. The summed E-state index contributed by atoms with van der Waals surface area (Å²) < 4.78 is 23.2. The van der Waals surface area contributed by atoms with Crippen molar-refractivity contribution in [1.29, 1.82) is 0 Å². The van der Waals surface area contributed by atoms with E-state index < -0.39 is 6.03 Å². The maximum atomic E-state index is 16.1. The number of hydrogen-bond donors (Lipinski definition) is 3. The molecule has 2 aromatic carbocycles. The third-order valence-corrected chi connectivity index (χ3v) is 14.6. The number of pyridine rings is 1. The smallest absolute Gasteiger partial charge is 0.328 e. The summed E-state index contributed by atoms with van der Waals surface area (Å²) in [4.78, 5) is 66.1. The molecular weight excluding hydrogens is 839 g/mol. The highest BCUT2D eigenvalue weighted by Crippen LogP contribution is 2.54. The van der Waals surface area contributed by atoms with Gasteiger partial charge < -0.3 is 25.2 Å². The Morgan fingerprint density at radius 1 is 0.984 bits per heavy atom. The molecular formula is C47H50ClFN10O5. The Morgan fingerprint density at radius 2 is 1.78 bits per heavy atom. The number of fused-ring (bicyclic) bond motifs is 2. The van der Waals surface area contributed by atoms with E-state index in [1.165, 1.54) is 4.90 Å². The van der Waals surface area contributed by atoms with Crippen LogP contribution in [0.1, 0.15) is 82.5 Å². The summed E-state index contributed by atoms with van der Waals surface area (Å²) in [6.07, 6.45) is 10.5. The predicted octanol–water partition coefficient (Wildman–Crippen LogP) is 6.86. The quantitative estimate of drug-likeness (QED) is 0.135. The summed E-state index contributed by atoms with van der Waals surface area (Å²) in [5.41, 5.74) is 7.19. The van der Waals surface area contributed by atoms with E-state index in [1.807, 2.05) is 42.4 Å². The van der Waals surface area contributed by atoms with E-state index in [0.717, 1.165) is 73.0 Å². The minimum Gasteiger partial charge on any atom is -0.385 e. The second-order valence-electron chi connectivity index (χ2n) is 18.0. The lowest BCUT2D eigenvalue weighted by atomic mass is 9.56. The minimum atomic E-state index is -0.520. The summed E-state index contributed by atoms with van der Waals surface area (Å²) >= 11 is 6.56. The average Bonchev–Trinajstić information content (AvgIpc) is 3.91. The second kappa shape index (κ2) is 16.5. The third kappa shape index (κ3) is 7.39. The maximum absolute atomic E-state index is 16.1. The van der Waals surface area contributed by atoms with E-state index in [9.17, 15) is 19.2 Å². The molecule has 5 aromatic rings. The van der Waals surface area contributed by atoms with Gasteiger partial charge in [0.25, 0.3) is 11.8 Å². The van der Waals surface area contributed by atoms with Crippen molar-refractivity contribution in [2.45, 2.75) is 76.9 Å². The van der Waals surface area contributed by atoms with Crippen LogP contribution in [0.2, 0.25) is 5.02 Å². The van der Waals surface area contributed by atoms with Gasteiger partial charge in [0.15, 0.2) is 17.2 Å². The lowest BCUT2D eigenvalue weighted by Crippen LogP contribution is -2.51. The first kappa shape index (κ1) is 41.9. The first-order valence-electron chi connectivity index (χ1n) is 22.1. The molecule has 2 atom stereocenters. The highest BCUT2D eigenvalue weighted by molar-refractivity contribution is 6.32. The molecule has 2 saturated heterocycles. The van der Waals surface area contributed by atoms with Crippen LogP contribution in [-0.2, 0) is 22.4 Å². The lowest BCUT2D eigenvalue weighted by molar-refractivity contribution is -0.120. The van der Waals surface area contributed by atoms with E-state index >= 15 is 4.39 Å². The van der Waals surface area contributed by atoms with E-state index in [0.29, 0.717) is 76.7 Å². The standard InChI is InChI=1S/C47H50ClFN10O5/c1-26-32(48)19-29(20-37(26)58-14-10-41(60)54-46(58)63)45(62)56-15-11-47(12-16-56)22-28(23-47)17-27-18-33(49)42(51-24-27)31-5-4-6-36-30(31)9-13-57(36)40-21-35(50-2)43-52-25-38(59(43)55-40)44(61)53-34-7-8-39(34)64-3/h4-6,18-21,24-25,28,34,39,50H,7-17,22-23H2,1-3H3,(H,53,61)(H,54,60,63)/t34?,39-/m1/s1. The SMILES string of the molecule is CNc1cc(N2CCc3c(-c4ncc(CC5CC6(CCN(C(=O)c7cc(Cl)c(C)c(N8CCC(=O)NC8=O)c7)CC6)C5)cc4F)cccc32)nn2c(C(=O)NC3CC[C@H]3OC)cnc12. The Kier molecular flexibility index (Phi) is 10.8. The molecule has 15 nitrogen and oxygen atoms in total. The zero-order valence-corrected chi connectivity index (χ0v) is 36.8. The molecule has 332 valence electrons. The summed E-state index contributed by atoms with van der Waals surface area (Å²) in [5, 5.41) is 13.9. The van der Waals surface area contributed by atoms with Crippen molar-refractivity contribution in [2.24, 2.45) is 11.3 Å². The molecule has 2 aliphatic carbocycles. The third-order valence-electron chi connectivity index (χ3n) is 14.2. The van der Waals surface area contributed by atoms with Crippen LogP contribution in [0, 0.1) is 24.1 Å². The number of likely N-dealkylation sites (tertiary alicyclic amines) is 1. The van der Waals surface area contributed by atoms with Crippen LogP contribution >= 0.6 is 11.6 Å². The molecule has 64 heavy (non-hydrogen) atoms. The fourth-order valence-electron chi connectivity index (χ4n) is 10.5. The Bertz CT molecular complexity index is 2730. The molecule has 10 rings (SSSR count). The summed E-state index contributed by atoms with van der Waals surface area (Å²) in [5.74, 6) is -0.0375. The number of anilines is 4. The van der Waals surface area contributed by atoms with Gasteiger partial charge in [-0.2, -0.15) is 0 Å². The maximum Gasteiger partial charge on any atom is 0.328 e. The van der Waals surface area contributed by atoms with Gasteiger partial charge in [0, 0.05) is 80.9 Å². The molecule has 4 fully saturated rings. The highest BCUT2D eigenvalue weighted by atomic mass is 35.5. The molecule has 3 aromatic heterocycles. The van der Waals surface area contributed by atoms with E-state index in [2.05, 4.69) is 25.8 Å². The van der Waals surface area contributed by atoms with Crippen molar-refractivity contribution in [3.8, 4) is 11.3 Å². The number of rotatable bonds is 10. The van der Waals surface area contributed by atoms with Crippen molar-refractivity contribution in [3.63, 3.8) is 0 Å². The van der Waals surface area contributed by atoms with Crippen LogP contribution in [0.3, 0.4) is 0 Å². The van der Waals surface area contributed by atoms with E-state index in [4.69, 9.17) is 26.4 Å². The van der Waals surface area contributed by atoms with Crippen molar-refractivity contribution in [2.75, 3.05) is 55.5 Å². The molecule has 2 saturated carbocycles. The molecule has 3 aliphatic heterocycles. The molecule has 1 spiro atoms. The number of halogens is 2. The zero-order chi connectivity index (χ0) is 44.4. The van der Waals surface area contributed by atoms with Crippen molar-refractivity contribution in [3.05, 3.63) is 93.6 Å². The lowest BCUT2D eigenvalue weighted by Gasteiger charge is -2.52. The van der Waals surface area contributed by atoms with Crippen molar-refractivity contribution >= 4 is 63.9 Å². The van der Waals surface area contributed by atoms with Gasteiger partial charge in [0.1, 0.15) is 11.5 Å². The summed E-state index contributed by atoms with van der Waals surface area (Å²) in [6, 6.07) is 12.2. The van der Waals surface area contributed by atoms with E-state index in [1.54, 1.807) is 42.9 Å². The first-order valence-corrected chi connectivity index (χ1v) is 22.5. The van der Waals surface area contributed by atoms with Crippen molar-refractivity contribution in [1.82, 2.24) is 35.1 Å². The number of imide groups is 1. The van der Waals surface area contributed by atoms with Crippen LogP contribution < -0.4 is 25.8 Å². The first-order chi connectivity index (χ1) is 30.9. The molecule has 6 heterocycles. The number of ether oxygens (including phenoxy) is 1. The molecule has 17 heteroatoms. The number of nitrogens with one attached hydrogen (secondary N) is 3. The number of nitrogens with zero attached hydrogens (tertiary/aromatic N) is 7. The summed E-state index contributed by atoms with van der Waals surface area (Å²) in [6.45, 7) is 3.87. The number of hydrogen-bond acceptors (Lipinski definition) is 10. The average molecular weight is 889 g/mol. The number of carbonyl (C=O) groups excluding carboxylic acids is 4. The Hall–Kier alpha value is -6.13. The van der Waals surface area contributed by atoms with Gasteiger partial charge in [-0.15, -0.1) is 5.10 Å². The molecule has 0 radical (unpaired) electrons. The van der Waals surface area contributed by atoms with Crippen molar-refractivity contribution < 1.29 is 28.3 Å². The van der Waals surface area contributed by atoms with Crippen LogP contribution in [-0.4, -0.2) is 101 Å². The van der Waals surface area contributed by atoms with Gasteiger partial charge in [-0.25, -0.2) is 18.7 Å². The molecule has 3 N–H and O–H groups in total. The minimum absolute atomic E-state index is 0.00436. The van der Waals surface area contributed by atoms with Crippen LogP contribution in [0.15, 0.2) is 54.9 Å². The molecule has 1 unspecified atom stereocenters. The van der Waals surface area contributed by atoms with Gasteiger partial charge in [0.2, 0.25) is 5.91 Å². The molecule has 5 aliphatic rings. The number of piperidine rings is 1. The van der Waals surface area contributed by atoms with Crippen LogP contribution in [0.5, 0.6) is 0 Å².